The molecule has 0 bridgehead atoms. The summed E-state index contributed by atoms with van der Waals surface area (Å²) in [5, 5.41) is 0. The third-order valence-corrected chi connectivity index (χ3v) is 2.13. The van der Waals surface area contributed by atoms with Crippen LogP contribution in [0.2, 0.25) is 0 Å². The smallest absolute Gasteiger partial charge is 0.0958 e. The first-order valence-corrected chi connectivity index (χ1v) is 4.26. The van der Waals surface area contributed by atoms with Crippen molar-refractivity contribution in [1.82, 2.24) is 9.55 Å². The molecule has 2 rings (SSSR count). The van der Waals surface area contributed by atoms with Crippen LogP contribution in [0.3, 0.4) is 0 Å². The largest absolute Gasteiger partial charge is 0.331 e. The van der Waals surface area contributed by atoms with Crippen molar-refractivity contribution in [3.05, 3.63) is 30.1 Å². The molecule has 0 saturated carbocycles. The molecule has 13 heavy (non-hydrogen) atoms. The lowest BCUT2D eigenvalue weighted by Gasteiger charge is -1.97. The SMILES string of the molecule is C#Cc1ccc2c(c1)ncn2CC. The van der Waals surface area contributed by atoms with Gasteiger partial charge in [-0.3, -0.25) is 0 Å². The molecule has 2 nitrogen and oxygen atoms in total. The van der Waals surface area contributed by atoms with Gasteiger partial charge in [-0.05, 0) is 25.1 Å². The van der Waals surface area contributed by atoms with Gasteiger partial charge in [-0.25, -0.2) is 4.98 Å². The zero-order valence-corrected chi connectivity index (χ0v) is 7.49. The molecule has 2 aromatic rings. The van der Waals surface area contributed by atoms with Gasteiger partial charge in [0.05, 0.1) is 17.4 Å². The number of fused-ring (bicyclic) bond motifs is 1. The highest BCUT2D eigenvalue weighted by Crippen LogP contribution is 2.13. The van der Waals surface area contributed by atoms with Gasteiger partial charge in [0.25, 0.3) is 0 Å². The molecule has 0 unspecified atom stereocenters. The maximum atomic E-state index is 5.30. The Morgan fingerprint density at radius 1 is 1.54 bits per heavy atom. The molecule has 0 spiro atoms. The molecule has 0 aliphatic carbocycles. The van der Waals surface area contributed by atoms with E-state index in [0.29, 0.717) is 0 Å². The minimum Gasteiger partial charge on any atom is -0.331 e. The average Bonchev–Trinajstić information content (AvgIpc) is 2.59. The predicted molar refractivity (Wildman–Crippen MR) is 53.3 cm³/mol. The second kappa shape index (κ2) is 2.95. The summed E-state index contributed by atoms with van der Waals surface area (Å²) in [7, 11) is 0. The van der Waals surface area contributed by atoms with Crippen LogP contribution < -0.4 is 0 Å². The maximum absolute atomic E-state index is 5.30. The summed E-state index contributed by atoms with van der Waals surface area (Å²) in [4.78, 5) is 4.27. The topological polar surface area (TPSA) is 17.8 Å². The molecule has 1 aromatic heterocycles. The fraction of sp³-hybridized carbons (Fsp3) is 0.182. The summed E-state index contributed by atoms with van der Waals surface area (Å²) in [5.74, 6) is 2.60. The molecular formula is C11H10N2. The van der Waals surface area contributed by atoms with Gasteiger partial charge in [-0.2, -0.15) is 0 Å². The molecule has 0 atom stereocenters. The molecule has 0 N–H and O–H groups in total. The standard InChI is InChI=1S/C11H10N2/c1-3-9-5-6-11-10(7-9)12-8-13(11)4-2/h1,5-8H,4H2,2H3. The highest BCUT2D eigenvalue weighted by Gasteiger charge is 2.00. The van der Waals surface area contributed by atoms with Crippen LogP contribution in [-0.4, -0.2) is 9.55 Å². The summed E-state index contributed by atoms with van der Waals surface area (Å²) in [6.07, 6.45) is 7.13. The molecule has 0 amide bonds. The van der Waals surface area contributed by atoms with Gasteiger partial charge >= 0.3 is 0 Å². The monoisotopic (exact) mass is 170 g/mol. The van der Waals surface area contributed by atoms with Crippen LogP contribution in [0.5, 0.6) is 0 Å². The van der Waals surface area contributed by atoms with E-state index in [9.17, 15) is 0 Å². The minimum atomic E-state index is 0.883. The number of hydrogen-bond acceptors (Lipinski definition) is 1. The Kier molecular flexibility index (Phi) is 1.79. The summed E-state index contributed by atoms with van der Waals surface area (Å²) in [6, 6.07) is 5.89. The van der Waals surface area contributed by atoms with Crippen molar-refractivity contribution in [2.45, 2.75) is 13.5 Å². The highest BCUT2D eigenvalue weighted by atomic mass is 15.0. The van der Waals surface area contributed by atoms with E-state index in [1.807, 2.05) is 24.5 Å². The highest BCUT2D eigenvalue weighted by molar-refractivity contribution is 5.77. The molecule has 0 aliphatic rings. The Labute approximate surface area is 77.2 Å². The average molecular weight is 170 g/mol. The van der Waals surface area contributed by atoms with Crippen molar-refractivity contribution >= 4 is 11.0 Å². The van der Waals surface area contributed by atoms with Crippen LogP contribution in [0.15, 0.2) is 24.5 Å². The van der Waals surface area contributed by atoms with Crippen LogP contribution in [0.1, 0.15) is 12.5 Å². The molecule has 0 aliphatic heterocycles. The van der Waals surface area contributed by atoms with Gasteiger partial charge < -0.3 is 4.57 Å². The van der Waals surface area contributed by atoms with E-state index in [-0.39, 0.29) is 0 Å². The third kappa shape index (κ3) is 1.19. The van der Waals surface area contributed by atoms with Crippen LogP contribution in [0.4, 0.5) is 0 Å². The predicted octanol–water partition coefficient (Wildman–Crippen LogP) is 2.04. The summed E-state index contributed by atoms with van der Waals surface area (Å²) in [5.41, 5.74) is 2.99. The van der Waals surface area contributed by atoms with Crippen LogP contribution in [-0.2, 0) is 6.54 Å². The molecule has 0 saturated heterocycles. The van der Waals surface area contributed by atoms with Crippen molar-refractivity contribution in [2.75, 3.05) is 0 Å². The van der Waals surface area contributed by atoms with E-state index in [1.54, 1.807) is 0 Å². The second-order valence-electron chi connectivity index (χ2n) is 2.88. The first kappa shape index (κ1) is 7.88. The number of rotatable bonds is 1. The summed E-state index contributed by atoms with van der Waals surface area (Å²) in [6.45, 7) is 3.03. The van der Waals surface area contributed by atoms with E-state index >= 15 is 0 Å². The number of benzene rings is 1. The molecule has 0 fully saturated rings. The van der Waals surface area contributed by atoms with Crippen molar-refractivity contribution in [2.24, 2.45) is 0 Å². The lowest BCUT2D eigenvalue weighted by Crippen LogP contribution is -1.90. The number of aromatic nitrogens is 2. The van der Waals surface area contributed by atoms with Gasteiger partial charge in [-0.15, -0.1) is 6.42 Å². The molecular weight excluding hydrogens is 160 g/mol. The Morgan fingerprint density at radius 3 is 3.08 bits per heavy atom. The van der Waals surface area contributed by atoms with Crippen LogP contribution in [0.25, 0.3) is 11.0 Å². The van der Waals surface area contributed by atoms with E-state index < -0.39 is 0 Å². The van der Waals surface area contributed by atoms with Gasteiger partial charge in [-0.1, -0.05) is 5.92 Å². The van der Waals surface area contributed by atoms with Crippen molar-refractivity contribution in [1.29, 1.82) is 0 Å². The zero-order chi connectivity index (χ0) is 9.26. The van der Waals surface area contributed by atoms with E-state index in [1.165, 1.54) is 0 Å². The van der Waals surface area contributed by atoms with Crippen LogP contribution >= 0.6 is 0 Å². The van der Waals surface area contributed by atoms with Crippen LogP contribution in [0, 0.1) is 12.3 Å². The van der Waals surface area contributed by atoms with Crippen molar-refractivity contribution in [3.63, 3.8) is 0 Å². The molecule has 1 heterocycles. The maximum Gasteiger partial charge on any atom is 0.0958 e. The number of aryl methyl sites for hydroxylation is 1. The van der Waals surface area contributed by atoms with Gasteiger partial charge in [0, 0.05) is 12.1 Å². The molecule has 2 heteroatoms. The van der Waals surface area contributed by atoms with Gasteiger partial charge in [0.15, 0.2) is 0 Å². The fourth-order valence-electron chi connectivity index (χ4n) is 1.41. The van der Waals surface area contributed by atoms with E-state index in [4.69, 9.17) is 6.42 Å². The Bertz CT molecular complexity index is 474. The van der Waals surface area contributed by atoms with Crippen molar-refractivity contribution < 1.29 is 0 Å². The normalized spacial score (nSPS) is 10.2. The van der Waals surface area contributed by atoms with Crippen molar-refractivity contribution in [3.8, 4) is 12.3 Å². The zero-order valence-electron chi connectivity index (χ0n) is 7.49. The van der Waals surface area contributed by atoms with E-state index in [0.717, 1.165) is 23.1 Å². The summed E-state index contributed by atoms with van der Waals surface area (Å²) >= 11 is 0. The third-order valence-electron chi connectivity index (χ3n) is 2.13. The lowest BCUT2D eigenvalue weighted by molar-refractivity contribution is 0.787. The van der Waals surface area contributed by atoms with E-state index in [2.05, 4.69) is 22.4 Å². The number of terminal acetylenes is 1. The Balaban J connectivity index is 2.70. The first-order valence-electron chi connectivity index (χ1n) is 4.26. The number of nitrogens with zero attached hydrogens (tertiary/aromatic N) is 2. The number of imidazole rings is 1. The summed E-state index contributed by atoms with van der Waals surface area (Å²) < 4.78 is 2.09. The molecule has 1 aromatic carbocycles. The molecule has 64 valence electrons. The van der Waals surface area contributed by atoms with Gasteiger partial charge in [0.1, 0.15) is 0 Å². The minimum absolute atomic E-state index is 0.883. The second-order valence-corrected chi connectivity index (χ2v) is 2.88. The lowest BCUT2D eigenvalue weighted by atomic mass is 10.2. The number of hydrogen-bond donors (Lipinski definition) is 0. The molecule has 0 radical (unpaired) electrons. The Hall–Kier alpha value is -1.75. The quantitative estimate of drug-likeness (QED) is 0.599. The fourth-order valence-corrected chi connectivity index (χ4v) is 1.41. The Morgan fingerprint density at radius 2 is 2.38 bits per heavy atom. The first-order chi connectivity index (χ1) is 6.35. The van der Waals surface area contributed by atoms with Gasteiger partial charge in [0.2, 0.25) is 0 Å².